The summed E-state index contributed by atoms with van der Waals surface area (Å²) in [5.74, 6) is 2.50. The van der Waals surface area contributed by atoms with Gasteiger partial charge in [-0.05, 0) is 37.9 Å². The largest absolute Gasteiger partial charge is 0.493 e. The van der Waals surface area contributed by atoms with Crippen LogP contribution in [0.2, 0.25) is 0 Å². The Kier molecular flexibility index (Phi) is 7.77. The molecule has 1 aromatic carbocycles. The van der Waals surface area contributed by atoms with Gasteiger partial charge in [0.05, 0.1) is 14.2 Å². The van der Waals surface area contributed by atoms with Crippen molar-refractivity contribution in [2.45, 2.75) is 25.4 Å². The van der Waals surface area contributed by atoms with Gasteiger partial charge in [-0.25, -0.2) is 0 Å². The molecule has 0 amide bonds. The minimum absolute atomic E-state index is 0. The Hall–Kier alpha value is -0.680. The normalized spacial score (nSPS) is 25.8. The fourth-order valence-electron chi connectivity index (χ4n) is 3.53. The predicted molar refractivity (Wildman–Crippen MR) is 93.8 cm³/mol. The second-order valence-corrected chi connectivity index (χ2v) is 5.78. The highest BCUT2D eigenvalue weighted by molar-refractivity contribution is 5.85. The summed E-state index contributed by atoms with van der Waals surface area (Å²) < 4.78 is 10.9. The Morgan fingerprint density at radius 1 is 1.14 bits per heavy atom. The Morgan fingerprint density at radius 2 is 1.86 bits per heavy atom. The minimum Gasteiger partial charge on any atom is -0.493 e. The fourth-order valence-corrected chi connectivity index (χ4v) is 3.53. The maximum absolute atomic E-state index is 5.49. The van der Waals surface area contributed by atoms with Crippen LogP contribution in [0.3, 0.4) is 0 Å². The zero-order valence-electron chi connectivity index (χ0n) is 13.2. The molecule has 2 bridgehead atoms. The molecule has 6 heteroatoms. The van der Waals surface area contributed by atoms with Crippen LogP contribution in [0.15, 0.2) is 18.2 Å². The molecule has 3 aliphatic heterocycles. The SMILES string of the molecule is COc1cccc(CNC2CN3CCC2CC3)c1OC.Cl.Cl. The van der Waals surface area contributed by atoms with E-state index in [0.717, 1.165) is 24.0 Å². The number of nitrogens with one attached hydrogen (secondary N) is 1. The molecule has 0 spiro atoms. The summed E-state index contributed by atoms with van der Waals surface area (Å²) in [4.78, 5) is 2.57. The van der Waals surface area contributed by atoms with Gasteiger partial charge in [0.15, 0.2) is 11.5 Å². The van der Waals surface area contributed by atoms with Gasteiger partial charge < -0.3 is 19.7 Å². The average Bonchev–Trinajstić information content (AvgIpc) is 2.53. The molecule has 0 saturated carbocycles. The van der Waals surface area contributed by atoms with Crippen molar-refractivity contribution in [1.29, 1.82) is 0 Å². The van der Waals surface area contributed by atoms with Crippen molar-refractivity contribution in [3.63, 3.8) is 0 Å². The molecule has 0 radical (unpaired) electrons. The molecule has 22 heavy (non-hydrogen) atoms. The highest BCUT2D eigenvalue weighted by Gasteiger charge is 2.33. The Balaban J connectivity index is 0.00000121. The van der Waals surface area contributed by atoms with Crippen molar-refractivity contribution in [3.8, 4) is 11.5 Å². The van der Waals surface area contributed by atoms with Gasteiger partial charge in [-0.3, -0.25) is 0 Å². The first-order valence-electron chi connectivity index (χ1n) is 7.47. The van der Waals surface area contributed by atoms with Crippen LogP contribution in [0.1, 0.15) is 18.4 Å². The molecular formula is C16H26Cl2N2O2. The molecule has 0 aliphatic carbocycles. The smallest absolute Gasteiger partial charge is 0.165 e. The van der Waals surface area contributed by atoms with Gasteiger partial charge in [-0.1, -0.05) is 12.1 Å². The molecule has 1 atom stereocenters. The van der Waals surface area contributed by atoms with Gasteiger partial charge in [-0.2, -0.15) is 0 Å². The summed E-state index contributed by atoms with van der Waals surface area (Å²) in [6.45, 7) is 4.60. The van der Waals surface area contributed by atoms with Gasteiger partial charge in [0.2, 0.25) is 0 Å². The molecule has 1 unspecified atom stereocenters. The Bertz CT molecular complexity index is 465. The molecule has 3 saturated heterocycles. The van der Waals surface area contributed by atoms with Gasteiger partial charge >= 0.3 is 0 Å². The van der Waals surface area contributed by atoms with E-state index in [4.69, 9.17) is 9.47 Å². The van der Waals surface area contributed by atoms with Crippen LogP contribution in [0.5, 0.6) is 11.5 Å². The summed E-state index contributed by atoms with van der Waals surface area (Å²) in [7, 11) is 3.39. The number of nitrogens with zero attached hydrogens (tertiary/aromatic N) is 1. The standard InChI is InChI=1S/C16H24N2O2.2ClH/c1-19-15-5-3-4-13(16(15)20-2)10-17-14-11-18-8-6-12(14)7-9-18;;/h3-5,12,14,17H,6-11H2,1-2H3;2*1H. The first-order valence-corrected chi connectivity index (χ1v) is 7.47. The third-order valence-electron chi connectivity index (χ3n) is 4.70. The summed E-state index contributed by atoms with van der Waals surface area (Å²) >= 11 is 0. The van der Waals surface area contributed by atoms with Crippen molar-refractivity contribution in [2.75, 3.05) is 33.9 Å². The third kappa shape index (κ3) is 3.99. The molecular weight excluding hydrogens is 323 g/mol. The highest BCUT2D eigenvalue weighted by Crippen LogP contribution is 2.32. The van der Waals surface area contributed by atoms with E-state index in [2.05, 4.69) is 16.3 Å². The van der Waals surface area contributed by atoms with Gasteiger partial charge in [0, 0.05) is 24.7 Å². The van der Waals surface area contributed by atoms with Crippen molar-refractivity contribution in [2.24, 2.45) is 5.92 Å². The molecule has 3 heterocycles. The second kappa shape index (κ2) is 8.82. The summed E-state index contributed by atoms with van der Waals surface area (Å²) in [5, 5.41) is 3.72. The summed E-state index contributed by atoms with van der Waals surface area (Å²) in [5.41, 5.74) is 1.17. The van der Waals surface area contributed by atoms with Gasteiger partial charge in [0.1, 0.15) is 0 Å². The molecule has 0 aromatic heterocycles. The van der Waals surface area contributed by atoms with Crippen molar-refractivity contribution in [1.82, 2.24) is 10.2 Å². The highest BCUT2D eigenvalue weighted by atomic mass is 35.5. The number of fused-ring (bicyclic) bond motifs is 3. The molecule has 4 rings (SSSR count). The topological polar surface area (TPSA) is 33.7 Å². The second-order valence-electron chi connectivity index (χ2n) is 5.78. The van der Waals surface area contributed by atoms with Crippen LogP contribution in [-0.4, -0.2) is 44.8 Å². The van der Waals surface area contributed by atoms with E-state index in [1.54, 1.807) is 14.2 Å². The van der Waals surface area contributed by atoms with Gasteiger partial charge in [-0.15, -0.1) is 24.8 Å². The van der Waals surface area contributed by atoms with Gasteiger partial charge in [0.25, 0.3) is 0 Å². The molecule has 126 valence electrons. The van der Waals surface area contributed by atoms with E-state index in [0.29, 0.717) is 6.04 Å². The number of methoxy groups -OCH3 is 2. The number of ether oxygens (including phenoxy) is 2. The summed E-state index contributed by atoms with van der Waals surface area (Å²) in [6.07, 6.45) is 2.68. The van der Waals surface area contributed by atoms with E-state index in [9.17, 15) is 0 Å². The number of hydrogen-bond donors (Lipinski definition) is 1. The minimum atomic E-state index is 0. The van der Waals surface area contributed by atoms with E-state index >= 15 is 0 Å². The lowest BCUT2D eigenvalue weighted by Crippen LogP contribution is -2.55. The monoisotopic (exact) mass is 348 g/mol. The van der Waals surface area contributed by atoms with Crippen LogP contribution < -0.4 is 14.8 Å². The van der Waals surface area contributed by atoms with E-state index in [1.165, 1.54) is 38.0 Å². The van der Waals surface area contributed by atoms with Crippen LogP contribution >= 0.6 is 24.8 Å². The van der Waals surface area contributed by atoms with E-state index in [1.807, 2.05) is 12.1 Å². The maximum Gasteiger partial charge on any atom is 0.165 e. The maximum atomic E-state index is 5.49. The molecule has 3 aliphatic rings. The van der Waals surface area contributed by atoms with Crippen LogP contribution in [0, 0.1) is 5.92 Å². The lowest BCUT2D eigenvalue weighted by atomic mass is 9.84. The average molecular weight is 349 g/mol. The fraction of sp³-hybridized carbons (Fsp3) is 0.625. The Morgan fingerprint density at radius 3 is 2.41 bits per heavy atom. The zero-order chi connectivity index (χ0) is 13.9. The van der Waals surface area contributed by atoms with Crippen LogP contribution in [-0.2, 0) is 6.54 Å². The lowest BCUT2D eigenvalue weighted by molar-refractivity contribution is 0.0719. The van der Waals surface area contributed by atoms with E-state index < -0.39 is 0 Å². The number of hydrogen-bond acceptors (Lipinski definition) is 4. The van der Waals surface area contributed by atoms with Crippen LogP contribution in [0.4, 0.5) is 0 Å². The zero-order valence-corrected chi connectivity index (χ0v) is 14.8. The predicted octanol–water partition coefficient (Wildman–Crippen LogP) is 2.73. The molecule has 3 fully saturated rings. The number of para-hydroxylation sites is 1. The van der Waals surface area contributed by atoms with Crippen molar-refractivity contribution < 1.29 is 9.47 Å². The number of piperidine rings is 3. The van der Waals surface area contributed by atoms with E-state index in [-0.39, 0.29) is 24.8 Å². The molecule has 4 nitrogen and oxygen atoms in total. The Labute approximate surface area is 145 Å². The third-order valence-corrected chi connectivity index (χ3v) is 4.70. The first kappa shape index (κ1) is 19.4. The lowest BCUT2D eigenvalue weighted by Gasteiger charge is -2.45. The molecule has 1 N–H and O–H groups in total. The first-order chi connectivity index (χ1) is 9.81. The van der Waals surface area contributed by atoms with Crippen LogP contribution in [0.25, 0.3) is 0 Å². The van der Waals surface area contributed by atoms with Crippen molar-refractivity contribution >= 4 is 24.8 Å². The number of rotatable bonds is 5. The number of benzene rings is 1. The number of halogens is 2. The van der Waals surface area contributed by atoms with Crippen molar-refractivity contribution in [3.05, 3.63) is 23.8 Å². The quantitative estimate of drug-likeness (QED) is 0.886. The summed E-state index contributed by atoms with van der Waals surface area (Å²) in [6, 6.07) is 6.69. The molecule has 1 aromatic rings.